The van der Waals surface area contributed by atoms with Crippen molar-refractivity contribution in [3.63, 3.8) is 0 Å². The minimum absolute atomic E-state index is 0.161. The van der Waals surface area contributed by atoms with Crippen LogP contribution < -0.4 is 14.8 Å². The minimum Gasteiger partial charge on any atom is -0.481 e. The second-order valence-electron chi connectivity index (χ2n) is 4.38. The molecule has 0 fully saturated rings. The van der Waals surface area contributed by atoms with Gasteiger partial charge in [0.2, 0.25) is 17.7 Å². The predicted molar refractivity (Wildman–Crippen MR) is 78.6 cm³/mol. The van der Waals surface area contributed by atoms with Crippen LogP contribution in [0, 0.1) is 6.92 Å². The van der Waals surface area contributed by atoms with E-state index in [4.69, 9.17) is 9.47 Å². The monoisotopic (exact) mass is 287 g/mol. The highest BCUT2D eigenvalue weighted by molar-refractivity contribution is 5.92. The van der Waals surface area contributed by atoms with Gasteiger partial charge in [-0.3, -0.25) is 4.79 Å². The smallest absolute Gasteiger partial charge is 0.230 e. The lowest BCUT2D eigenvalue weighted by atomic mass is 10.2. The van der Waals surface area contributed by atoms with Crippen LogP contribution in [0.4, 0.5) is 5.69 Å². The molecule has 0 unspecified atom stereocenters. The van der Waals surface area contributed by atoms with Crippen molar-refractivity contribution in [2.24, 2.45) is 0 Å². The molecule has 0 radical (unpaired) electrons. The van der Waals surface area contributed by atoms with Crippen LogP contribution in [-0.2, 0) is 11.2 Å². The number of hydrogen-bond acceptors (Lipinski definition) is 5. The van der Waals surface area contributed by atoms with E-state index in [1.54, 1.807) is 44.6 Å². The normalized spacial score (nSPS) is 10.0. The van der Waals surface area contributed by atoms with Crippen molar-refractivity contribution in [1.82, 2.24) is 9.97 Å². The van der Waals surface area contributed by atoms with Gasteiger partial charge in [-0.25, -0.2) is 9.97 Å². The molecular formula is C15H17N3O3. The van der Waals surface area contributed by atoms with Crippen molar-refractivity contribution < 1.29 is 14.3 Å². The fraction of sp³-hybridized carbons (Fsp3) is 0.267. The summed E-state index contributed by atoms with van der Waals surface area (Å²) < 4.78 is 10.1. The standard InChI is InChI=1S/C15H17N3O3/c1-10-12(7-8-15(16-10)21-3)18-13(19)9-11-5-4-6-14(17-11)20-2/h4-8H,9H2,1-3H3,(H,18,19). The molecule has 0 saturated heterocycles. The van der Waals surface area contributed by atoms with Crippen molar-refractivity contribution in [2.45, 2.75) is 13.3 Å². The molecule has 0 bridgehead atoms. The summed E-state index contributed by atoms with van der Waals surface area (Å²) >= 11 is 0. The third kappa shape index (κ3) is 3.92. The second kappa shape index (κ2) is 6.69. The van der Waals surface area contributed by atoms with E-state index in [0.717, 1.165) is 0 Å². The number of pyridine rings is 2. The highest BCUT2D eigenvalue weighted by atomic mass is 16.5. The molecule has 2 aromatic heterocycles. The van der Waals surface area contributed by atoms with Gasteiger partial charge in [0.05, 0.1) is 37.7 Å². The molecule has 0 saturated carbocycles. The maximum absolute atomic E-state index is 12.0. The van der Waals surface area contributed by atoms with Gasteiger partial charge in [-0.15, -0.1) is 0 Å². The summed E-state index contributed by atoms with van der Waals surface area (Å²) in [4.78, 5) is 20.4. The topological polar surface area (TPSA) is 73.3 Å². The second-order valence-corrected chi connectivity index (χ2v) is 4.38. The molecule has 2 heterocycles. The number of carbonyl (C=O) groups excluding carboxylic acids is 1. The van der Waals surface area contributed by atoms with Crippen LogP contribution in [0.2, 0.25) is 0 Å². The Morgan fingerprint density at radius 2 is 1.81 bits per heavy atom. The number of aryl methyl sites for hydroxylation is 1. The van der Waals surface area contributed by atoms with Crippen LogP contribution in [-0.4, -0.2) is 30.1 Å². The van der Waals surface area contributed by atoms with Crippen LogP contribution in [0.25, 0.3) is 0 Å². The molecule has 2 aromatic rings. The first kappa shape index (κ1) is 14.8. The van der Waals surface area contributed by atoms with Crippen molar-refractivity contribution in [3.8, 4) is 11.8 Å². The van der Waals surface area contributed by atoms with Crippen molar-refractivity contribution >= 4 is 11.6 Å². The Kier molecular flexibility index (Phi) is 4.71. The van der Waals surface area contributed by atoms with E-state index in [2.05, 4.69) is 15.3 Å². The Labute approximate surface area is 123 Å². The zero-order chi connectivity index (χ0) is 15.2. The third-order valence-corrected chi connectivity index (χ3v) is 2.88. The number of amides is 1. The molecular weight excluding hydrogens is 270 g/mol. The number of nitrogens with one attached hydrogen (secondary N) is 1. The quantitative estimate of drug-likeness (QED) is 0.910. The SMILES string of the molecule is COc1cccc(CC(=O)Nc2ccc(OC)nc2C)n1. The number of ether oxygens (including phenoxy) is 2. The van der Waals surface area contributed by atoms with Crippen molar-refractivity contribution in [2.75, 3.05) is 19.5 Å². The molecule has 0 spiro atoms. The van der Waals surface area contributed by atoms with Crippen LogP contribution in [0.15, 0.2) is 30.3 Å². The zero-order valence-electron chi connectivity index (χ0n) is 12.2. The Hall–Kier alpha value is -2.63. The van der Waals surface area contributed by atoms with Gasteiger partial charge in [-0.05, 0) is 19.1 Å². The summed E-state index contributed by atoms with van der Waals surface area (Å²) in [5.74, 6) is 0.841. The van der Waals surface area contributed by atoms with Gasteiger partial charge in [0.1, 0.15) is 0 Å². The number of carbonyl (C=O) groups is 1. The van der Waals surface area contributed by atoms with E-state index in [1.165, 1.54) is 0 Å². The molecule has 1 amide bonds. The van der Waals surface area contributed by atoms with Crippen LogP contribution in [0.5, 0.6) is 11.8 Å². The number of hydrogen-bond donors (Lipinski definition) is 1. The van der Waals surface area contributed by atoms with Gasteiger partial charge in [0.25, 0.3) is 0 Å². The van der Waals surface area contributed by atoms with Gasteiger partial charge in [-0.1, -0.05) is 6.07 Å². The molecule has 110 valence electrons. The molecule has 0 atom stereocenters. The lowest BCUT2D eigenvalue weighted by Gasteiger charge is -2.09. The van der Waals surface area contributed by atoms with Crippen molar-refractivity contribution in [3.05, 3.63) is 41.7 Å². The lowest BCUT2D eigenvalue weighted by Crippen LogP contribution is -2.16. The average molecular weight is 287 g/mol. The summed E-state index contributed by atoms with van der Waals surface area (Å²) in [5.41, 5.74) is 2.00. The number of nitrogens with zero attached hydrogens (tertiary/aromatic N) is 2. The average Bonchev–Trinajstić information content (AvgIpc) is 2.49. The van der Waals surface area contributed by atoms with Crippen LogP contribution in [0.3, 0.4) is 0 Å². The molecule has 0 aliphatic heterocycles. The molecule has 6 heteroatoms. The van der Waals surface area contributed by atoms with E-state index in [-0.39, 0.29) is 12.3 Å². The predicted octanol–water partition coefficient (Wildman–Crippen LogP) is 1.98. The first-order valence-electron chi connectivity index (χ1n) is 6.44. The number of aromatic nitrogens is 2. The van der Waals surface area contributed by atoms with Gasteiger partial charge in [-0.2, -0.15) is 0 Å². The Bertz CT molecular complexity index is 644. The van der Waals surface area contributed by atoms with E-state index in [1.807, 2.05) is 6.92 Å². The molecule has 6 nitrogen and oxygen atoms in total. The maximum atomic E-state index is 12.0. The minimum atomic E-state index is -0.161. The Balaban J connectivity index is 2.04. The zero-order valence-corrected chi connectivity index (χ0v) is 12.2. The van der Waals surface area contributed by atoms with Gasteiger partial charge >= 0.3 is 0 Å². The lowest BCUT2D eigenvalue weighted by molar-refractivity contribution is -0.115. The van der Waals surface area contributed by atoms with Gasteiger partial charge in [0.15, 0.2) is 0 Å². The van der Waals surface area contributed by atoms with Gasteiger partial charge in [0, 0.05) is 12.1 Å². The van der Waals surface area contributed by atoms with Crippen LogP contribution in [0.1, 0.15) is 11.4 Å². The molecule has 0 aliphatic carbocycles. The number of methoxy groups -OCH3 is 2. The molecule has 1 N–H and O–H groups in total. The van der Waals surface area contributed by atoms with E-state index < -0.39 is 0 Å². The summed E-state index contributed by atoms with van der Waals surface area (Å²) in [6, 6.07) is 8.78. The summed E-state index contributed by atoms with van der Waals surface area (Å²) in [5, 5.41) is 2.81. The van der Waals surface area contributed by atoms with E-state index in [0.29, 0.717) is 28.8 Å². The first-order valence-corrected chi connectivity index (χ1v) is 6.44. The fourth-order valence-electron chi connectivity index (χ4n) is 1.81. The van der Waals surface area contributed by atoms with Crippen LogP contribution >= 0.6 is 0 Å². The molecule has 21 heavy (non-hydrogen) atoms. The number of rotatable bonds is 5. The summed E-state index contributed by atoms with van der Waals surface area (Å²) in [6.45, 7) is 1.81. The summed E-state index contributed by atoms with van der Waals surface area (Å²) in [6.07, 6.45) is 0.169. The van der Waals surface area contributed by atoms with E-state index in [9.17, 15) is 4.79 Å². The number of anilines is 1. The maximum Gasteiger partial charge on any atom is 0.230 e. The van der Waals surface area contributed by atoms with Gasteiger partial charge < -0.3 is 14.8 Å². The third-order valence-electron chi connectivity index (χ3n) is 2.88. The molecule has 0 aromatic carbocycles. The highest BCUT2D eigenvalue weighted by Crippen LogP contribution is 2.17. The molecule has 0 aliphatic rings. The fourth-order valence-corrected chi connectivity index (χ4v) is 1.81. The molecule has 2 rings (SSSR count). The Morgan fingerprint density at radius 1 is 1.10 bits per heavy atom. The first-order chi connectivity index (χ1) is 10.1. The van der Waals surface area contributed by atoms with E-state index >= 15 is 0 Å². The van der Waals surface area contributed by atoms with Crippen molar-refractivity contribution in [1.29, 1.82) is 0 Å². The largest absolute Gasteiger partial charge is 0.481 e. The highest BCUT2D eigenvalue weighted by Gasteiger charge is 2.09. The summed E-state index contributed by atoms with van der Waals surface area (Å²) in [7, 11) is 3.09. The Morgan fingerprint density at radius 3 is 2.48 bits per heavy atom.